The molecule has 2 rings (SSSR count). The van der Waals surface area contributed by atoms with Crippen molar-refractivity contribution >= 4 is 23.2 Å². The van der Waals surface area contributed by atoms with Gasteiger partial charge in [0.15, 0.2) is 10.6 Å². The lowest BCUT2D eigenvalue weighted by atomic mass is 10.4. The highest BCUT2D eigenvalue weighted by molar-refractivity contribution is 7.07. The van der Waals surface area contributed by atoms with Crippen molar-refractivity contribution < 1.29 is 14.0 Å². The number of amides is 2. The number of aryl methyl sites for hydroxylation is 1. The van der Waals surface area contributed by atoms with E-state index in [1.165, 1.54) is 29.5 Å². The molecule has 0 aliphatic rings. The van der Waals surface area contributed by atoms with Gasteiger partial charge in [-0.25, -0.2) is 0 Å². The van der Waals surface area contributed by atoms with Gasteiger partial charge in [0.1, 0.15) is 6.54 Å². The molecule has 2 heterocycles. The number of furan rings is 1. The Kier molecular flexibility index (Phi) is 3.96. The maximum Gasteiger partial charge on any atom is 0.289 e. The Bertz CT molecular complexity index is 639. The van der Waals surface area contributed by atoms with E-state index < -0.39 is 0 Å². The van der Waals surface area contributed by atoms with Gasteiger partial charge in [-0.15, -0.1) is 11.3 Å². The molecule has 6 nitrogen and oxygen atoms in total. The number of carbonyl (C=O) groups excluding carboxylic acids is 2. The highest BCUT2D eigenvalue weighted by atomic mass is 32.1. The Morgan fingerprint density at radius 3 is 2.89 bits per heavy atom. The van der Waals surface area contributed by atoms with E-state index in [4.69, 9.17) is 4.42 Å². The summed E-state index contributed by atoms with van der Waals surface area (Å²) in [4.78, 5) is 29.4. The molecule has 0 aliphatic carbocycles. The monoisotopic (exact) mass is 279 g/mol. The summed E-state index contributed by atoms with van der Waals surface area (Å²) in [5, 5.41) is 1.84. The van der Waals surface area contributed by atoms with Gasteiger partial charge in [-0.05, 0) is 12.1 Å². The Labute approximate surface area is 113 Å². The van der Waals surface area contributed by atoms with Gasteiger partial charge in [0.05, 0.1) is 6.26 Å². The predicted octanol–water partition coefficient (Wildman–Crippen LogP) is 0.879. The topological polar surface area (TPSA) is 67.8 Å². The minimum atomic E-state index is -0.375. The van der Waals surface area contributed by atoms with Crippen molar-refractivity contribution in [1.29, 1.82) is 0 Å². The van der Waals surface area contributed by atoms with Crippen LogP contribution in [0.25, 0.3) is 0 Å². The highest BCUT2D eigenvalue weighted by Crippen LogP contribution is 2.03. The van der Waals surface area contributed by atoms with Gasteiger partial charge in [-0.3, -0.25) is 9.59 Å². The fraction of sp³-hybridized carbons (Fsp3) is 0.250. The van der Waals surface area contributed by atoms with Crippen LogP contribution in [0.1, 0.15) is 10.6 Å². The zero-order valence-corrected chi connectivity index (χ0v) is 11.4. The van der Waals surface area contributed by atoms with Crippen LogP contribution in [0.4, 0.5) is 0 Å². The van der Waals surface area contributed by atoms with Crippen LogP contribution in [0, 0.1) is 0 Å². The molecular formula is C12H13N3O3S. The fourth-order valence-corrected chi connectivity index (χ4v) is 2.19. The molecule has 0 unspecified atom stereocenters. The van der Waals surface area contributed by atoms with E-state index in [0.717, 1.165) is 0 Å². The van der Waals surface area contributed by atoms with Gasteiger partial charge in [-0.2, -0.15) is 4.99 Å². The molecule has 2 aromatic rings. The number of thiazole rings is 1. The minimum Gasteiger partial charge on any atom is -0.459 e. The van der Waals surface area contributed by atoms with Gasteiger partial charge >= 0.3 is 0 Å². The van der Waals surface area contributed by atoms with Gasteiger partial charge in [-0.1, -0.05) is 0 Å². The predicted molar refractivity (Wildman–Crippen MR) is 69.5 cm³/mol. The molecule has 7 heteroatoms. The summed E-state index contributed by atoms with van der Waals surface area (Å²) in [6.07, 6.45) is 3.23. The van der Waals surface area contributed by atoms with Crippen LogP contribution >= 0.6 is 11.3 Å². The van der Waals surface area contributed by atoms with Gasteiger partial charge < -0.3 is 13.9 Å². The molecule has 0 radical (unpaired) electrons. The fourth-order valence-electron chi connectivity index (χ4n) is 1.44. The molecule has 0 spiro atoms. The molecule has 2 amide bonds. The van der Waals surface area contributed by atoms with Crippen LogP contribution in [0.15, 0.2) is 39.4 Å². The lowest BCUT2D eigenvalue weighted by Crippen LogP contribution is -2.32. The number of hydrogen-bond acceptors (Lipinski definition) is 4. The normalized spacial score (nSPS) is 11.6. The van der Waals surface area contributed by atoms with E-state index in [1.807, 2.05) is 11.6 Å². The summed E-state index contributed by atoms with van der Waals surface area (Å²) in [7, 11) is 3.34. The van der Waals surface area contributed by atoms with Crippen molar-refractivity contribution in [2.75, 3.05) is 13.6 Å². The van der Waals surface area contributed by atoms with Crippen LogP contribution in [-0.2, 0) is 11.8 Å². The van der Waals surface area contributed by atoms with Gasteiger partial charge in [0.25, 0.3) is 11.8 Å². The first-order valence-electron chi connectivity index (χ1n) is 5.54. The van der Waals surface area contributed by atoms with Crippen LogP contribution in [-0.4, -0.2) is 34.9 Å². The molecule has 100 valence electrons. The van der Waals surface area contributed by atoms with Crippen molar-refractivity contribution in [1.82, 2.24) is 9.47 Å². The standard InChI is InChI=1S/C12H13N3O3S/c1-14-5-7-19-12(14)13-10(16)8-15(2)11(17)9-4-3-6-18-9/h3-7H,8H2,1-2H3. The molecule has 0 fully saturated rings. The SMILES string of the molecule is CN(CC(=O)N=c1sccn1C)C(=O)c1ccco1. The zero-order chi connectivity index (χ0) is 13.8. The number of nitrogens with zero attached hydrogens (tertiary/aromatic N) is 3. The summed E-state index contributed by atoms with van der Waals surface area (Å²) < 4.78 is 6.73. The summed E-state index contributed by atoms with van der Waals surface area (Å²) in [6, 6.07) is 3.18. The van der Waals surface area contributed by atoms with Crippen molar-refractivity contribution in [3.63, 3.8) is 0 Å². The lowest BCUT2D eigenvalue weighted by molar-refractivity contribution is -0.118. The van der Waals surface area contributed by atoms with E-state index in [2.05, 4.69) is 4.99 Å². The first-order chi connectivity index (χ1) is 9.08. The molecule has 19 heavy (non-hydrogen) atoms. The van der Waals surface area contributed by atoms with Crippen molar-refractivity contribution in [3.8, 4) is 0 Å². The number of aromatic nitrogens is 1. The van der Waals surface area contributed by atoms with E-state index in [1.54, 1.807) is 23.7 Å². The smallest absolute Gasteiger partial charge is 0.289 e. The summed E-state index contributed by atoms with van der Waals surface area (Å²) >= 11 is 1.36. The summed E-state index contributed by atoms with van der Waals surface area (Å²) in [6.45, 7) is -0.0859. The van der Waals surface area contributed by atoms with E-state index in [9.17, 15) is 9.59 Å². The lowest BCUT2D eigenvalue weighted by Gasteiger charge is -2.12. The maximum atomic E-state index is 11.8. The molecule has 0 atom stereocenters. The van der Waals surface area contributed by atoms with Crippen LogP contribution < -0.4 is 4.80 Å². The first kappa shape index (κ1) is 13.3. The van der Waals surface area contributed by atoms with Crippen LogP contribution in [0.2, 0.25) is 0 Å². The molecule has 0 N–H and O–H groups in total. The Balaban J connectivity index is 2.04. The average Bonchev–Trinajstić information content (AvgIpc) is 3.01. The van der Waals surface area contributed by atoms with Crippen molar-refractivity contribution in [2.45, 2.75) is 0 Å². The first-order valence-corrected chi connectivity index (χ1v) is 6.42. The number of carbonyl (C=O) groups is 2. The maximum absolute atomic E-state index is 11.8. The van der Waals surface area contributed by atoms with E-state index in [0.29, 0.717) is 4.80 Å². The number of likely N-dealkylation sites (N-methyl/N-ethyl adjacent to an activating group) is 1. The minimum absolute atomic E-state index is 0.0859. The average molecular weight is 279 g/mol. The second-order valence-corrected chi connectivity index (χ2v) is 4.81. The molecule has 0 saturated carbocycles. The number of rotatable bonds is 3. The molecule has 2 aromatic heterocycles. The Hall–Kier alpha value is -2.15. The second kappa shape index (κ2) is 5.66. The van der Waals surface area contributed by atoms with Gasteiger partial charge in [0.2, 0.25) is 0 Å². The quantitative estimate of drug-likeness (QED) is 0.837. The highest BCUT2D eigenvalue weighted by Gasteiger charge is 2.16. The van der Waals surface area contributed by atoms with E-state index >= 15 is 0 Å². The number of hydrogen-bond donors (Lipinski definition) is 0. The van der Waals surface area contributed by atoms with Crippen molar-refractivity contribution in [3.05, 3.63) is 40.5 Å². The Morgan fingerprint density at radius 1 is 1.53 bits per heavy atom. The third kappa shape index (κ3) is 3.19. The molecular weight excluding hydrogens is 266 g/mol. The molecule has 0 saturated heterocycles. The summed E-state index contributed by atoms with van der Waals surface area (Å²) in [5.74, 6) is -0.512. The van der Waals surface area contributed by atoms with Crippen LogP contribution in [0.3, 0.4) is 0 Å². The largest absolute Gasteiger partial charge is 0.459 e. The zero-order valence-electron chi connectivity index (χ0n) is 10.6. The third-order valence-electron chi connectivity index (χ3n) is 2.43. The second-order valence-electron chi connectivity index (χ2n) is 3.94. The molecule has 0 bridgehead atoms. The van der Waals surface area contributed by atoms with Gasteiger partial charge in [0, 0.05) is 25.7 Å². The van der Waals surface area contributed by atoms with Crippen LogP contribution in [0.5, 0.6) is 0 Å². The Morgan fingerprint density at radius 2 is 2.32 bits per heavy atom. The van der Waals surface area contributed by atoms with Crippen molar-refractivity contribution in [2.24, 2.45) is 12.0 Å². The van der Waals surface area contributed by atoms with E-state index in [-0.39, 0.29) is 24.1 Å². The third-order valence-corrected chi connectivity index (χ3v) is 3.28. The molecule has 0 aliphatic heterocycles. The molecule has 0 aromatic carbocycles. The summed E-state index contributed by atoms with van der Waals surface area (Å²) in [5.41, 5.74) is 0.